The zero-order chi connectivity index (χ0) is 31.6. The number of nitrogens with one attached hydrogen (secondary N) is 5. The van der Waals surface area contributed by atoms with Crippen LogP contribution in [0, 0.1) is 11.8 Å². The van der Waals surface area contributed by atoms with Gasteiger partial charge >= 0.3 is 0 Å². The Balaban J connectivity index is 1.40. The van der Waals surface area contributed by atoms with Gasteiger partial charge < -0.3 is 31.3 Å². The van der Waals surface area contributed by atoms with Crippen LogP contribution in [0.3, 0.4) is 0 Å². The Morgan fingerprint density at radius 1 is 1.14 bits per heavy atom. The number of likely N-dealkylation sites (N-methyl/N-ethyl adjacent to an activating group) is 1. The molecule has 238 valence electrons. The van der Waals surface area contributed by atoms with Gasteiger partial charge in [-0.25, -0.2) is 13.4 Å². The van der Waals surface area contributed by atoms with Crippen molar-refractivity contribution < 1.29 is 17.9 Å². The van der Waals surface area contributed by atoms with Crippen LogP contribution in [0.1, 0.15) is 53.9 Å². The SMILES string of the molecule is CNC(=O)C1CCC(C2=C(C)C=C(NC3=NC(Nc4ccccc4S(=O)(=O)C(C)C)C4C=CNC4=N3)C(OC(C)C)C2)CN1. The zero-order valence-corrected chi connectivity index (χ0v) is 27.2. The fourth-order valence-electron chi connectivity index (χ4n) is 6.20. The van der Waals surface area contributed by atoms with Crippen molar-refractivity contribution in [3.8, 4) is 0 Å². The maximum Gasteiger partial charge on any atom is 0.236 e. The van der Waals surface area contributed by atoms with Gasteiger partial charge in [0.25, 0.3) is 0 Å². The van der Waals surface area contributed by atoms with Crippen molar-refractivity contribution in [2.24, 2.45) is 21.8 Å². The summed E-state index contributed by atoms with van der Waals surface area (Å²) in [5.74, 6) is 1.33. The first-order chi connectivity index (χ1) is 21.0. The van der Waals surface area contributed by atoms with E-state index in [1.807, 2.05) is 32.2 Å². The normalized spacial score (nSPS) is 26.9. The first kappa shape index (κ1) is 31.9. The highest BCUT2D eigenvalue weighted by molar-refractivity contribution is 7.92. The Morgan fingerprint density at radius 2 is 1.91 bits per heavy atom. The Bertz CT molecular complexity index is 1520. The van der Waals surface area contributed by atoms with Gasteiger partial charge in [0, 0.05) is 25.7 Å². The first-order valence-corrected chi connectivity index (χ1v) is 17.0. The molecular weight excluding hydrogens is 578 g/mol. The summed E-state index contributed by atoms with van der Waals surface area (Å²) in [6.07, 6.45) is 7.70. The number of para-hydroxylation sites is 1. The molecule has 1 amide bonds. The van der Waals surface area contributed by atoms with Crippen molar-refractivity contribution in [3.63, 3.8) is 0 Å². The minimum Gasteiger partial charge on any atom is -0.369 e. The van der Waals surface area contributed by atoms with Gasteiger partial charge in [-0.1, -0.05) is 23.8 Å². The molecule has 5 unspecified atom stereocenters. The fourth-order valence-corrected chi connectivity index (χ4v) is 7.41. The molecular formula is C32H45N7O4S. The number of hydrogen-bond donors (Lipinski definition) is 5. The van der Waals surface area contributed by atoms with E-state index in [2.05, 4.69) is 39.6 Å². The quantitative estimate of drug-likeness (QED) is 0.282. The molecule has 0 saturated carbocycles. The van der Waals surface area contributed by atoms with Gasteiger partial charge in [0.15, 0.2) is 9.84 Å². The molecule has 0 spiro atoms. The molecule has 3 heterocycles. The van der Waals surface area contributed by atoms with E-state index < -0.39 is 21.3 Å². The number of aliphatic imine (C=N–C) groups is 2. The summed E-state index contributed by atoms with van der Waals surface area (Å²) in [6.45, 7) is 10.3. The average Bonchev–Trinajstić information content (AvgIpc) is 3.47. The van der Waals surface area contributed by atoms with Crippen LogP contribution in [0.5, 0.6) is 0 Å². The molecule has 1 saturated heterocycles. The van der Waals surface area contributed by atoms with Crippen molar-refractivity contribution in [3.05, 3.63) is 59.5 Å². The lowest BCUT2D eigenvalue weighted by molar-refractivity contribution is -0.123. The maximum absolute atomic E-state index is 13.1. The molecule has 1 aliphatic carbocycles. The lowest BCUT2D eigenvalue weighted by atomic mass is 9.80. The minimum absolute atomic E-state index is 0.00507. The number of allylic oxidation sites excluding steroid dienone is 2. The van der Waals surface area contributed by atoms with Crippen LogP contribution in [0.25, 0.3) is 0 Å². The Hall–Kier alpha value is -3.48. The first-order valence-electron chi connectivity index (χ1n) is 15.5. The number of ether oxygens (including phenoxy) is 1. The van der Waals surface area contributed by atoms with E-state index in [0.717, 1.165) is 37.3 Å². The van der Waals surface area contributed by atoms with Crippen LogP contribution in [0.15, 0.2) is 74.3 Å². The number of amides is 1. The zero-order valence-electron chi connectivity index (χ0n) is 26.3. The predicted octanol–water partition coefficient (Wildman–Crippen LogP) is 3.21. The van der Waals surface area contributed by atoms with Crippen molar-refractivity contribution in [1.82, 2.24) is 21.3 Å². The molecule has 3 aliphatic heterocycles. The van der Waals surface area contributed by atoms with Crippen molar-refractivity contribution in [2.45, 2.75) is 88.4 Å². The highest BCUT2D eigenvalue weighted by atomic mass is 32.2. The Labute approximate surface area is 260 Å². The number of rotatable bonds is 9. The molecule has 11 nitrogen and oxygen atoms in total. The van der Waals surface area contributed by atoms with Crippen LogP contribution < -0.4 is 26.6 Å². The number of fused-ring (bicyclic) bond motifs is 1. The molecule has 0 bridgehead atoms. The van der Waals surface area contributed by atoms with Gasteiger partial charge in [-0.2, -0.15) is 4.99 Å². The third kappa shape index (κ3) is 6.77. The summed E-state index contributed by atoms with van der Waals surface area (Å²) in [5, 5.41) is 15.7. The van der Waals surface area contributed by atoms with Crippen molar-refractivity contribution in [1.29, 1.82) is 0 Å². The molecule has 5 rings (SSSR count). The summed E-state index contributed by atoms with van der Waals surface area (Å²) in [7, 11) is -1.84. The topological polar surface area (TPSA) is 145 Å². The summed E-state index contributed by atoms with van der Waals surface area (Å²) >= 11 is 0. The summed E-state index contributed by atoms with van der Waals surface area (Å²) in [6, 6.07) is 6.81. The van der Waals surface area contributed by atoms with Gasteiger partial charge in [-0.3, -0.25) is 4.79 Å². The minimum atomic E-state index is -3.51. The predicted molar refractivity (Wildman–Crippen MR) is 174 cm³/mol. The Morgan fingerprint density at radius 3 is 2.59 bits per heavy atom. The highest BCUT2D eigenvalue weighted by Crippen LogP contribution is 2.35. The number of guanidine groups is 1. The van der Waals surface area contributed by atoms with Gasteiger partial charge in [0.2, 0.25) is 11.9 Å². The molecule has 1 fully saturated rings. The van der Waals surface area contributed by atoms with Crippen LogP contribution in [0.4, 0.5) is 5.69 Å². The molecule has 1 aromatic rings. The van der Waals surface area contributed by atoms with E-state index >= 15 is 0 Å². The van der Waals surface area contributed by atoms with E-state index in [4.69, 9.17) is 14.7 Å². The number of carbonyl (C=O) groups is 1. The average molecular weight is 624 g/mol. The molecule has 1 aromatic carbocycles. The Kier molecular flexibility index (Phi) is 9.62. The van der Waals surface area contributed by atoms with Gasteiger partial charge in [-0.05, 0) is 83.4 Å². The van der Waals surface area contributed by atoms with E-state index in [0.29, 0.717) is 17.6 Å². The highest BCUT2D eigenvalue weighted by Gasteiger charge is 2.35. The number of hydrogen-bond acceptors (Lipinski definition) is 10. The van der Waals surface area contributed by atoms with E-state index in [-0.39, 0.29) is 35.0 Å². The maximum atomic E-state index is 13.1. The van der Waals surface area contributed by atoms with Gasteiger partial charge in [0.1, 0.15) is 18.1 Å². The van der Waals surface area contributed by atoms with E-state index in [1.165, 1.54) is 11.1 Å². The molecule has 0 radical (unpaired) electrons. The third-order valence-corrected chi connectivity index (χ3v) is 10.8. The number of carbonyl (C=O) groups excluding carboxylic acids is 1. The van der Waals surface area contributed by atoms with Crippen molar-refractivity contribution in [2.75, 3.05) is 18.9 Å². The molecule has 5 N–H and O–H groups in total. The van der Waals surface area contributed by atoms with Crippen LogP contribution in [-0.4, -0.2) is 69.4 Å². The second-order valence-electron chi connectivity index (χ2n) is 12.3. The van der Waals surface area contributed by atoms with Crippen LogP contribution in [-0.2, 0) is 19.4 Å². The molecule has 12 heteroatoms. The lowest BCUT2D eigenvalue weighted by Crippen LogP contribution is -2.48. The van der Waals surface area contributed by atoms with Crippen LogP contribution >= 0.6 is 0 Å². The largest absolute Gasteiger partial charge is 0.369 e. The van der Waals surface area contributed by atoms with Gasteiger partial charge in [-0.15, -0.1) is 0 Å². The van der Waals surface area contributed by atoms with Crippen molar-refractivity contribution >= 4 is 33.2 Å². The summed E-state index contributed by atoms with van der Waals surface area (Å²) in [4.78, 5) is 22.1. The number of amidine groups is 1. The fraction of sp³-hybridized carbons (Fsp3) is 0.531. The number of anilines is 1. The number of benzene rings is 1. The standard InChI is InChI=1S/C32H45N7O4S/c1-18(2)43-27-16-23(21-11-12-25(35-17-21)31(40)33-6)20(5)15-26(27)37-32-38-29-22(13-14-34-29)30(39-32)36-24-9-7-8-10-28(24)44(41,42)19(3)4/h7-10,13-15,18-19,21-22,25,27,30,35-36H,11-12,16-17H2,1-6H3,(H,33,40)(H2,34,37,38,39). The van der Waals surface area contributed by atoms with E-state index in [9.17, 15) is 13.2 Å². The van der Waals surface area contributed by atoms with Gasteiger partial charge in [0.05, 0.1) is 33.9 Å². The second-order valence-corrected chi connectivity index (χ2v) is 14.8. The lowest BCUT2D eigenvalue weighted by Gasteiger charge is -2.36. The molecule has 44 heavy (non-hydrogen) atoms. The smallest absolute Gasteiger partial charge is 0.236 e. The molecule has 5 atom stereocenters. The monoisotopic (exact) mass is 623 g/mol. The number of nitrogens with zero attached hydrogens (tertiary/aromatic N) is 2. The molecule has 4 aliphatic rings. The second kappa shape index (κ2) is 13.3. The number of sulfone groups is 1. The summed E-state index contributed by atoms with van der Waals surface area (Å²) < 4.78 is 32.7. The third-order valence-electron chi connectivity index (χ3n) is 8.59. The van der Waals surface area contributed by atoms with Crippen LogP contribution in [0.2, 0.25) is 0 Å². The van der Waals surface area contributed by atoms with E-state index in [1.54, 1.807) is 39.1 Å². The molecule has 0 aromatic heterocycles. The number of piperidine rings is 1. The summed E-state index contributed by atoms with van der Waals surface area (Å²) in [5.41, 5.74) is 3.90.